The van der Waals surface area contributed by atoms with Gasteiger partial charge in [0.05, 0.1) is 25.8 Å². The van der Waals surface area contributed by atoms with Gasteiger partial charge in [-0.25, -0.2) is 4.90 Å². The summed E-state index contributed by atoms with van der Waals surface area (Å²) >= 11 is 0. The molecule has 2 aliphatic rings. The largest absolute Gasteiger partial charge is 0.494 e. The fourth-order valence-corrected chi connectivity index (χ4v) is 3.43. The summed E-state index contributed by atoms with van der Waals surface area (Å²) in [7, 11) is 2.17. The molecule has 2 N–H and O–H groups in total. The first kappa shape index (κ1) is 16.0. The maximum Gasteiger partial charge on any atom is 0.292 e. The molecule has 1 aromatic rings. The van der Waals surface area contributed by atoms with E-state index in [2.05, 4.69) is 7.05 Å². The van der Waals surface area contributed by atoms with Crippen LogP contribution >= 0.6 is 0 Å². The Hall–Kier alpha value is -1.92. The first-order chi connectivity index (χ1) is 11.1. The van der Waals surface area contributed by atoms with Gasteiger partial charge in [0.2, 0.25) is 5.91 Å². The Kier molecular flexibility index (Phi) is 4.63. The molecule has 3 rings (SSSR count). The number of benzene rings is 1. The third-order valence-electron chi connectivity index (χ3n) is 4.79. The van der Waals surface area contributed by atoms with E-state index < -0.39 is 0 Å². The maximum absolute atomic E-state index is 12.8. The SMILES string of the molecule is CCOc1ccc(N2C(=O)C[C@H]([NH+]3CC[NH+](C)CC3)C2=O)cc1. The van der Waals surface area contributed by atoms with E-state index in [4.69, 9.17) is 4.74 Å². The lowest BCUT2D eigenvalue weighted by molar-refractivity contribution is -1.01. The van der Waals surface area contributed by atoms with Crippen molar-refractivity contribution in [1.82, 2.24) is 0 Å². The molecule has 6 nitrogen and oxygen atoms in total. The average Bonchev–Trinajstić information content (AvgIpc) is 2.84. The Morgan fingerprint density at radius 3 is 2.39 bits per heavy atom. The number of carbonyl (C=O) groups is 2. The van der Waals surface area contributed by atoms with Crippen LogP contribution in [0.4, 0.5) is 5.69 Å². The number of hydrogen-bond acceptors (Lipinski definition) is 3. The van der Waals surface area contributed by atoms with Crippen molar-refractivity contribution >= 4 is 17.5 Å². The number of hydrogen-bond donors (Lipinski definition) is 2. The maximum atomic E-state index is 12.8. The summed E-state index contributed by atoms with van der Waals surface area (Å²) in [5, 5.41) is 0. The molecule has 23 heavy (non-hydrogen) atoms. The summed E-state index contributed by atoms with van der Waals surface area (Å²) in [6, 6.07) is 6.96. The lowest BCUT2D eigenvalue weighted by Crippen LogP contribution is -3.29. The molecule has 2 amide bonds. The number of carbonyl (C=O) groups excluding carboxylic acids is 2. The van der Waals surface area contributed by atoms with Crippen molar-refractivity contribution in [1.29, 1.82) is 0 Å². The second-order valence-electron chi connectivity index (χ2n) is 6.37. The Morgan fingerprint density at radius 2 is 1.78 bits per heavy atom. The van der Waals surface area contributed by atoms with Gasteiger partial charge in [-0.3, -0.25) is 9.59 Å². The van der Waals surface area contributed by atoms with Crippen molar-refractivity contribution in [2.24, 2.45) is 0 Å². The molecule has 0 spiro atoms. The fourth-order valence-electron chi connectivity index (χ4n) is 3.43. The number of nitrogens with zero attached hydrogens (tertiary/aromatic N) is 1. The highest BCUT2D eigenvalue weighted by molar-refractivity contribution is 6.21. The summed E-state index contributed by atoms with van der Waals surface area (Å²) in [6.45, 7) is 6.52. The molecule has 2 aliphatic heterocycles. The molecular weight excluding hydrogens is 294 g/mol. The lowest BCUT2D eigenvalue weighted by atomic mass is 10.2. The number of anilines is 1. The number of likely N-dealkylation sites (N-methyl/N-ethyl adjacent to an activating group) is 1. The van der Waals surface area contributed by atoms with E-state index in [1.807, 2.05) is 6.92 Å². The summed E-state index contributed by atoms with van der Waals surface area (Å²) in [6.07, 6.45) is 0.320. The van der Waals surface area contributed by atoms with Crippen molar-refractivity contribution in [3.63, 3.8) is 0 Å². The van der Waals surface area contributed by atoms with Gasteiger partial charge in [-0.15, -0.1) is 0 Å². The molecule has 2 fully saturated rings. The van der Waals surface area contributed by atoms with Crippen LogP contribution in [0, 0.1) is 0 Å². The van der Waals surface area contributed by atoms with Crippen LogP contribution in [-0.4, -0.2) is 57.7 Å². The van der Waals surface area contributed by atoms with Crippen LogP contribution in [0.25, 0.3) is 0 Å². The van der Waals surface area contributed by atoms with Gasteiger partial charge in [-0.1, -0.05) is 0 Å². The number of imide groups is 1. The van der Waals surface area contributed by atoms with Gasteiger partial charge in [0.1, 0.15) is 31.9 Å². The smallest absolute Gasteiger partial charge is 0.292 e. The molecule has 2 heterocycles. The van der Waals surface area contributed by atoms with Crippen LogP contribution in [0.2, 0.25) is 0 Å². The predicted molar refractivity (Wildman–Crippen MR) is 85.8 cm³/mol. The van der Waals surface area contributed by atoms with Crippen molar-refractivity contribution in [2.75, 3.05) is 44.7 Å². The Labute approximate surface area is 136 Å². The molecule has 0 aromatic heterocycles. The summed E-state index contributed by atoms with van der Waals surface area (Å²) < 4.78 is 5.41. The van der Waals surface area contributed by atoms with Crippen LogP contribution < -0.4 is 19.4 Å². The topological polar surface area (TPSA) is 55.5 Å². The number of amides is 2. The van der Waals surface area contributed by atoms with Gasteiger partial charge in [0.25, 0.3) is 5.91 Å². The quantitative estimate of drug-likeness (QED) is 0.640. The zero-order valence-corrected chi connectivity index (χ0v) is 13.8. The molecule has 124 valence electrons. The van der Waals surface area contributed by atoms with Crippen molar-refractivity contribution in [3.05, 3.63) is 24.3 Å². The molecule has 0 unspecified atom stereocenters. The van der Waals surface area contributed by atoms with Gasteiger partial charge < -0.3 is 14.5 Å². The molecule has 0 saturated carbocycles. The van der Waals surface area contributed by atoms with E-state index in [1.165, 1.54) is 14.7 Å². The van der Waals surface area contributed by atoms with E-state index in [0.29, 0.717) is 18.7 Å². The normalized spacial score (nSPS) is 28.3. The molecule has 0 bridgehead atoms. The summed E-state index contributed by atoms with van der Waals surface area (Å²) in [5.41, 5.74) is 0.644. The predicted octanol–water partition coefficient (Wildman–Crippen LogP) is -1.87. The van der Waals surface area contributed by atoms with Crippen LogP contribution in [0.15, 0.2) is 24.3 Å². The van der Waals surface area contributed by atoms with E-state index in [-0.39, 0.29) is 17.9 Å². The van der Waals surface area contributed by atoms with Crippen molar-refractivity contribution in [2.45, 2.75) is 19.4 Å². The average molecular weight is 319 g/mol. The minimum atomic E-state index is -0.220. The highest BCUT2D eigenvalue weighted by Crippen LogP contribution is 2.24. The van der Waals surface area contributed by atoms with Crippen molar-refractivity contribution in [3.8, 4) is 5.75 Å². The molecule has 0 aliphatic carbocycles. The van der Waals surface area contributed by atoms with Gasteiger partial charge in [-0.05, 0) is 31.2 Å². The van der Waals surface area contributed by atoms with Gasteiger partial charge >= 0.3 is 0 Å². The van der Waals surface area contributed by atoms with E-state index >= 15 is 0 Å². The minimum Gasteiger partial charge on any atom is -0.494 e. The Morgan fingerprint density at radius 1 is 1.13 bits per heavy atom. The van der Waals surface area contributed by atoms with Crippen LogP contribution in [0.5, 0.6) is 5.75 Å². The first-order valence-corrected chi connectivity index (χ1v) is 8.35. The summed E-state index contributed by atoms with van der Waals surface area (Å²) in [5.74, 6) is 0.594. The van der Waals surface area contributed by atoms with E-state index in [0.717, 1.165) is 31.9 Å². The first-order valence-electron chi connectivity index (χ1n) is 8.35. The molecule has 1 aromatic carbocycles. The summed E-state index contributed by atoms with van der Waals surface area (Å²) in [4.78, 5) is 29.2. The van der Waals surface area contributed by atoms with E-state index in [9.17, 15) is 9.59 Å². The second-order valence-corrected chi connectivity index (χ2v) is 6.37. The van der Waals surface area contributed by atoms with Crippen LogP contribution in [-0.2, 0) is 9.59 Å². The number of rotatable bonds is 4. The van der Waals surface area contributed by atoms with E-state index in [1.54, 1.807) is 24.3 Å². The van der Waals surface area contributed by atoms with Crippen LogP contribution in [0.1, 0.15) is 13.3 Å². The standard InChI is InChI=1S/C17H23N3O3/c1-3-23-14-6-4-13(5-7-14)20-16(21)12-15(17(20)22)19-10-8-18(2)9-11-19/h4-7,15H,3,8-12H2,1-2H3/p+2/t15-/m0/s1. The molecular formula is C17H25N3O3+2. The third-order valence-corrected chi connectivity index (χ3v) is 4.79. The number of nitrogens with one attached hydrogen (secondary N) is 2. The van der Waals surface area contributed by atoms with Crippen LogP contribution in [0.3, 0.4) is 0 Å². The third kappa shape index (κ3) is 3.23. The van der Waals surface area contributed by atoms with Gasteiger partial charge in [0, 0.05) is 0 Å². The van der Waals surface area contributed by atoms with Gasteiger partial charge in [-0.2, -0.15) is 0 Å². The molecule has 1 atom stereocenters. The highest BCUT2D eigenvalue weighted by atomic mass is 16.5. The van der Waals surface area contributed by atoms with Crippen molar-refractivity contribution < 1.29 is 24.1 Å². The number of ether oxygens (including phenoxy) is 1. The lowest BCUT2D eigenvalue weighted by Gasteiger charge is -2.30. The zero-order valence-electron chi connectivity index (χ0n) is 13.8. The number of piperazine rings is 1. The molecule has 0 radical (unpaired) electrons. The Bertz CT molecular complexity index is 579. The monoisotopic (exact) mass is 319 g/mol. The molecule has 2 saturated heterocycles. The highest BCUT2D eigenvalue weighted by Gasteiger charge is 2.46. The van der Waals surface area contributed by atoms with Gasteiger partial charge in [0.15, 0.2) is 6.04 Å². The molecule has 6 heteroatoms. The fraction of sp³-hybridized carbons (Fsp3) is 0.529. The number of quaternary nitrogens is 2. The second kappa shape index (κ2) is 6.68. The zero-order chi connectivity index (χ0) is 16.4. The Balaban J connectivity index is 1.73. The minimum absolute atomic E-state index is 0.0614.